The van der Waals surface area contributed by atoms with E-state index in [0.717, 1.165) is 11.1 Å². The molecule has 0 bridgehead atoms. The molecule has 2 nitrogen and oxygen atoms in total. The average molecular weight is 311 g/mol. The predicted octanol–water partition coefficient (Wildman–Crippen LogP) is 4.40. The lowest BCUT2D eigenvalue weighted by molar-refractivity contribution is 0.403. The molecule has 2 rings (SSSR count). The maximum atomic E-state index is 9.71. The number of hydrogen-bond donors (Lipinski definition) is 1. The van der Waals surface area contributed by atoms with Crippen molar-refractivity contribution in [2.45, 2.75) is 0 Å². The molecule has 1 aromatic heterocycles. The normalized spacial score (nSPS) is 10.9. The summed E-state index contributed by atoms with van der Waals surface area (Å²) in [6.45, 7) is 0. The second kappa shape index (κ2) is 5.38. The maximum Gasteiger partial charge on any atom is 0.137 e. The van der Waals surface area contributed by atoms with Crippen LogP contribution in [-0.4, -0.2) is 12.2 Å². The van der Waals surface area contributed by atoms with E-state index in [1.807, 2.05) is 29.7 Å². The van der Waals surface area contributed by atoms with Gasteiger partial charge in [0, 0.05) is 0 Å². The van der Waals surface area contributed by atoms with Crippen LogP contribution in [0.25, 0.3) is 12.2 Å². The number of rotatable bonds is 3. The molecule has 1 N–H and O–H groups in total. The molecule has 0 spiro atoms. The van der Waals surface area contributed by atoms with Crippen LogP contribution in [0.2, 0.25) is 0 Å². The maximum absolute atomic E-state index is 9.71. The Labute approximate surface area is 112 Å². The van der Waals surface area contributed by atoms with Gasteiger partial charge in [-0.3, -0.25) is 0 Å². The molecule has 0 saturated carbocycles. The summed E-state index contributed by atoms with van der Waals surface area (Å²) >= 11 is 4.92. The van der Waals surface area contributed by atoms with Crippen molar-refractivity contribution in [3.63, 3.8) is 0 Å². The summed E-state index contributed by atoms with van der Waals surface area (Å²) < 4.78 is 5.74. The molecule has 0 unspecified atom stereocenters. The first kappa shape index (κ1) is 12.2. The lowest BCUT2D eigenvalue weighted by atomic mass is 10.1. The third-order valence-corrected chi connectivity index (χ3v) is 3.77. The quantitative estimate of drug-likeness (QED) is 0.910. The Morgan fingerprint density at radius 2 is 2.06 bits per heavy atom. The number of halogens is 1. The highest BCUT2D eigenvalue weighted by atomic mass is 79.9. The van der Waals surface area contributed by atoms with Crippen molar-refractivity contribution in [2.75, 3.05) is 7.11 Å². The van der Waals surface area contributed by atoms with Crippen LogP contribution in [0.15, 0.2) is 33.4 Å². The third-order valence-electron chi connectivity index (χ3n) is 2.27. The Hall–Kier alpha value is -1.26. The molecule has 2 aromatic rings. The monoisotopic (exact) mass is 310 g/mol. The van der Waals surface area contributed by atoms with Gasteiger partial charge in [0.1, 0.15) is 16.0 Å². The molecule has 0 aliphatic rings. The second-order valence-electron chi connectivity index (χ2n) is 3.45. The molecule has 0 atom stereocenters. The number of ether oxygens (including phenoxy) is 1. The van der Waals surface area contributed by atoms with E-state index in [1.165, 1.54) is 0 Å². The Kier molecular flexibility index (Phi) is 3.86. The Balaban J connectivity index is 2.30. The minimum absolute atomic E-state index is 0.175. The van der Waals surface area contributed by atoms with Crippen molar-refractivity contribution in [2.24, 2.45) is 0 Å². The van der Waals surface area contributed by atoms with Gasteiger partial charge in [-0.1, -0.05) is 12.2 Å². The standard InChI is InChI=1S/C13H11BrO2S/c1-16-12-7-10(6-11(15)13(12)14)3-2-9-4-5-17-8-9/h2-8,15H,1H3. The summed E-state index contributed by atoms with van der Waals surface area (Å²) in [5, 5.41) is 13.8. The van der Waals surface area contributed by atoms with E-state index >= 15 is 0 Å². The van der Waals surface area contributed by atoms with E-state index < -0.39 is 0 Å². The van der Waals surface area contributed by atoms with E-state index in [4.69, 9.17) is 4.74 Å². The topological polar surface area (TPSA) is 29.5 Å². The van der Waals surface area contributed by atoms with Crippen molar-refractivity contribution in [3.05, 3.63) is 44.6 Å². The van der Waals surface area contributed by atoms with Crippen LogP contribution in [0.4, 0.5) is 0 Å². The van der Waals surface area contributed by atoms with E-state index in [1.54, 1.807) is 24.5 Å². The van der Waals surface area contributed by atoms with E-state index in [2.05, 4.69) is 21.3 Å². The van der Waals surface area contributed by atoms with E-state index in [9.17, 15) is 5.11 Å². The van der Waals surface area contributed by atoms with Gasteiger partial charge in [-0.05, 0) is 56.0 Å². The SMILES string of the molecule is COc1cc(C=Cc2ccsc2)cc(O)c1Br. The molecule has 0 radical (unpaired) electrons. The molecule has 0 aliphatic heterocycles. The highest BCUT2D eigenvalue weighted by Crippen LogP contribution is 2.35. The van der Waals surface area contributed by atoms with Gasteiger partial charge < -0.3 is 9.84 Å². The molecule has 0 amide bonds. The van der Waals surface area contributed by atoms with Gasteiger partial charge in [0.15, 0.2) is 0 Å². The largest absolute Gasteiger partial charge is 0.507 e. The van der Waals surface area contributed by atoms with Crippen LogP contribution in [0.1, 0.15) is 11.1 Å². The Morgan fingerprint density at radius 1 is 1.29 bits per heavy atom. The Bertz CT molecular complexity index is 533. The van der Waals surface area contributed by atoms with Crippen molar-refractivity contribution < 1.29 is 9.84 Å². The van der Waals surface area contributed by atoms with E-state index in [-0.39, 0.29) is 5.75 Å². The fraction of sp³-hybridized carbons (Fsp3) is 0.0769. The predicted molar refractivity (Wildman–Crippen MR) is 75.6 cm³/mol. The summed E-state index contributed by atoms with van der Waals surface area (Å²) in [5.74, 6) is 0.796. The molecule has 0 saturated heterocycles. The van der Waals surface area contributed by atoms with Crippen LogP contribution in [-0.2, 0) is 0 Å². The molecule has 1 aromatic carbocycles. The van der Waals surface area contributed by atoms with Crippen LogP contribution < -0.4 is 4.74 Å². The van der Waals surface area contributed by atoms with Crippen molar-refractivity contribution in [1.29, 1.82) is 0 Å². The number of benzene rings is 1. The zero-order valence-electron chi connectivity index (χ0n) is 9.18. The van der Waals surface area contributed by atoms with Gasteiger partial charge in [-0.2, -0.15) is 11.3 Å². The van der Waals surface area contributed by atoms with Gasteiger partial charge in [0.2, 0.25) is 0 Å². The minimum Gasteiger partial charge on any atom is -0.507 e. The highest BCUT2D eigenvalue weighted by Gasteiger charge is 2.06. The number of phenols is 1. The van der Waals surface area contributed by atoms with Gasteiger partial charge in [0.05, 0.1) is 7.11 Å². The smallest absolute Gasteiger partial charge is 0.137 e. The molecule has 17 heavy (non-hydrogen) atoms. The lowest BCUT2D eigenvalue weighted by Crippen LogP contribution is -1.86. The summed E-state index contributed by atoms with van der Waals surface area (Å²) in [6.07, 6.45) is 3.94. The first-order valence-electron chi connectivity index (χ1n) is 4.97. The van der Waals surface area contributed by atoms with Gasteiger partial charge in [0.25, 0.3) is 0 Å². The molecule has 0 fully saturated rings. The molecule has 88 valence electrons. The molecule has 4 heteroatoms. The van der Waals surface area contributed by atoms with Crippen LogP contribution >= 0.6 is 27.3 Å². The lowest BCUT2D eigenvalue weighted by Gasteiger charge is -2.06. The molecular weight excluding hydrogens is 300 g/mol. The number of phenolic OH excluding ortho intramolecular Hbond substituents is 1. The van der Waals surface area contributed by atoms with Crippen molar-refractivity contribution in [3.8, 4) is 11.5 Å². The molecule has 1 heterocycles. The number of thiophene rings is 1. The fourth-order valence-electron chi connectivity index (χ4n) is 1.41. The van der Waals surface area contributed by atoms with Gasteiger partial charge >= 0.3 is 0 Å². The summed E-state index contributed by atoms with van der Waals surface area (Å²) in [6, 6.07) is 5.60. The van der Waals surface area contributed by atoms with Crippen LogP contribution in [0.5, 0.6) is 11.5 Å². The molecule has 0 aliphatic carbocycles. The van der Waals surface area contributed by atoms with Crippen LogP contribution in [0.3, 0.4) is 0 Å². The summed E-state index contributed by atoms with van der Waals surface area (Å²) in [4.78, 5) is 0. The fourth-order valence-corrected chi connectivity index (χ4v) is 2.43. The second-order valence-corrected chi connectivity index (χ2v) is 5.02. The average Bonchev–Trinajstić information content (AvgIpc) is 2.83. The van der Waals surface area contributed by atoms with E-state index in [0.29, 0.717) is 10.2 Å². The van der Waals surface area contributed by atoms with Gasteiger partial charge in [-0.15, -0.1) is 0 Å². The van der Waals surface area contributed by atoms with Crippen molar-refractivity contribution >= 4 is 39.4 Å². The number of hydrogen-bond acceptors (Lipinski definition) is 3. The first-order chi connectivity index (χ1) is 8.20. The zero-order chi connectivity index (χ0) is 12.3. The Morgan fingerprint density at radius 3 is 2.71 bits per heavy atom. The number of methoxy groups -OCH3 is 1. The zero-order valence-corrected chi connectivity index (χ0v) is 11.6. The van der Waals surface area contributed by atoms with Crippen molar-refractivity contribution in [1.82, 2.24) is 0 Å². The number of aromatic hydroxyl groups is 1. The van der Waals surface area contributed by atoms with Crippen LogP contribution in [0, 0.1) is 0 Å². The summed E-state index contributed by atoms with van der Waals surface area (Å²) in [7, 11) is 1.58. The molecular formula is C13H11BrO2S. The first-order valence-corrected chi connectivity index (χ1v) is 6.71. The van der Waals surface area contributed by atoms with Gasteiger partial charge in [-0.25, -0.2) is 0 Å². The summed E-state index contributed by atoms with van der Waals surface area (Å²) in [5.41, 5.74) is 2.05. The highest BCUT2D eigenvalue weighted by molar-refractivity contribution is 9.10. The minimum atomic E-state index is 0.175. The third kappa shape index (κ3) is 2.90.